The Bertz CT molecular complexity index is 440. The molecule has 0 spiro atoms. The number of aryl methyl sites for hydroxylation is 1. The summed E-state index contributed by atoms with van der Waals surface area (Å²) < 4.78 is 1.84. The number of rotatable bonds is 2. The van der Waals surface area contributed by atoms with Gasteiger partial charge in [-0.2, -0.15) is 5.10 Å². The largest absolute Gasteiger partial charge is 0.396 e. The molecule has 3 rings (SSSR count). The van der Waals surface area contributed by atoms with Crippen LogP contribution in [0.15, 0.2) is 12.3 Å². The van der Waals surface area contributed by atoms with Gasteiger partial charge in [0.2, 0.25) is 0 Å². The summed E-state index contributed by atoms with van der Waals surface area (Å²) in [7, 11) is 1.93. The second-order valence-corrected chi connectivity index (χ2v) is 5.32. The standard InChI is InChI=1S/C12H15ClN2O/c1-15-5-9-11(14-15)3-2-10(13)12(9)8-4-7(8)6-16/h2-3,5,7-8,10,12,16H,4,6H2,1H3. The molecule has 1 fully saturated rings. The first kappa shape index (κ1) is 10.4. The van der Waals surface area contributed by atoms with Gasteiger partial charge in [-0.1, -0.05) is 6.08 Å². The second-order valence-electron chi connectivity index (χ2n) is 4.81. The molecule has 86 valence electrons. The van der Waals surface area contributed by atoms with Gasteiger partial charge >= 0.3 is 0 Å². The molecule has 4 unspecified atom stereocenters. The molecule has 4 heteroatoms. The van der Waals surface area contributed by atoms with E-state index < -0.39 is 0 Å². The number of aliphatic hydroxyl groups excluding tert-OH is 1. The van der Waals surface area contributed by atoms with Gasteiger partial charge in [0.15, 0.2) is 0 Å². The Morgan fingerprint density at radius 2 is 2.44 bits per heavy atom. The van der Waals surface area contributed by atoms with E-state index >= 15 is 0 Å². The summed E-state index contributed by atoms with van der Waals surface area (Å²) in [6.07, 6.45) is 7.17. The van der Waals surface area contributed by atoms with Crippen LogP contribution in [-0.4, -0.2) is 26.9 Å². The van der Waals surface area contributed by atoms with Crippen molar-refractivity contribution in [2.24, 2.45) is 18.9 Å². The Morgan fingerprint density at radius 3 is 3.12 bits per heavy atom. The van der Waals surface area contributed by atoms with Gasteiger partial charge in [-0.25, -0.2) is 0 Å². The first-order valence-corrected chi connectivity index (χ1v) is 6.11. The lowest BCUT2D eigenvalue weighted by Crippen LogP contribution is -2.17. The van der Waals surface area contributed by atoms with E-state index in [2.05, 4.69) is 11.3 Å². The zero-order valence-corrected chi connectivity index (χ0v) is 9.93. The van der Waals surface area contributed by atoms with Crippen molar-refractivity contribution in [3.63, 3.8) is 0 Å². The van der Waals surface area contributed by atoms with Crippen molar-refractivity contribution in [1.29, 1.82) is 0 Å². The van der Waals surface area contributed by atoms with E-state index in [-0.39, 0.29) is 12.0 Å². The van der Waals surface area contributed by atoms with Crippen LogP contribution in [0, 0.1) is 11.8 Å². The maximum absolute atomic E-state index is 9.16. The van der Waals surface area contributed by atoms with Crippen LogP contribution in [0.4, 0.5) is 0 Å². The smallest absolute Gasteiger partial charge is 0.0883 e. The van der Waals surface area contributed by atoms with Crippen LogP contribution < -0.4 is 0 Å². The van der Waals surface area contributed by atoms with Crippen LogP contribution in [0.3, 0.4) is 0 Å². The number of hydrogen-bond donors (Lipinski definition) is 1. The summed E-state index contributed by atoms with van der Waals surface area (Å²) >= 11 is 6.37. The lowest BCUT2D eigenvalue weighted by atomic mass is 9.86. The normalized spacial score (nSPS) is 36.2. The van der Waals surface area contributed by atoms with E-state index in [1.54, 1.807) is 0 Å². The minimum atomic E-state index is 0.0400. The van der Waals surface area contributed by atoms with Gasteiger partial charge in [0.05, 0.1) is 11.1 Å². The highest BCUT2D eigenvalue weighted by molar-refractivity contribution is 6.23. The van der Waals surface area contributed by atoms with Crippen LogP contribution >= 0.6 is 11.6 Å². The summed E-state index contributed by atoms with van der Waals surface area (Å²) in [5.41, 5.74) is 2.28. The molecular weight excluding hydrogens is 224 g/mol. The Kier molecular flexibility index (Phi) is 2.33. The van der Waals surface area contributed by atoms with Gasteiger partial charge in [-0.3, -0.25) is 4.68 Å². The number of halogens is 1. The third kappa shape index (κ3) is 1.50. The third-order valence-corrected chi connectivity index (χ3v) is 4.12. The Labute approximate surface area is 99.7 Å². The van der Waals surface area contributed by atoms with E-state index in [1.807, 2.05) is 23.9 Å². The highest BCUT2D eigenvalue weighted by atomic mass is 35.5. The topological polar surface area (TPSA) is 38.0 Å². The molecule has 0 aromatic carbocycles. The number of alkyl halides is 1. The molecule has 2 aliphatic carbocycles. The Balaban J connectivity index is 1.95. The quantitative estimate of drug-likeness (QED) is 0.798. The van der Waals surface area contributed by atoms with E-state index in [4.69, 9.17) is 16.7 Å². The Hall–Kier alpha value is -0.800. The first-order chi connectivity index (χ1) is 7.70. The van der Waals surface area contributed by atoms with Gasteiger partial charge in [-0.05, 0) is 24.3 Å². The predicted molar refractivity (Wildman–Crippen MR) is 63.3 cm³/mol. The maximum Gasteiger partial charge on any atom is 0.0883 e. The number of aromatic nitrogens is 2. The molecule has 0 amide bonds. The van der Waals surface area contributed by atoms with Crippen molar-refractivity contribution < 1.29 is 5.11 Å². The molecule has 16 heavy (non-hydrogen) atoms. The highest BCUT2D eigenvalue weighted by Crippen LogP contribution is 2.52. The SMILES string of the molecule is Cn1cc2c(n1)C=CC(Cl)C2C1CC1CO. The Morgan fingerprint density at radius 1 is 1.62 bits per heavy atom. The lowest BCUT2D eigenvalue weighted by Gasteiger charge is -2.23. The molecule has 1 N–H and O–H groups in total. The molecule has 3 nitrogen and oxygen atoms in total. The molecular formula is C12H15ClN2O. The van der Waals surface area contributed by atoms with Crippen molar-refractivity contribution in [2.75, 3.05) is 6.61 Å². The fourth-order valence-electron chi connectivity index (χ4n) is 2.77. The molecule has 0 aliphatic heterocycles. The average molecular weight is 239 g/mol. The molecule has 1 aromatic heterocycles. The van der Waals surface area contributed by atoms with Crippen molar-refractivity contribution in [2.45, 2.75) is 17.7 Å². The number of allylic oxidation sites excluding steroid dienone is 1. The van der Waals surface area contributed by atoms with E-state index in [1.165, 1.54) is 5.56 Å². The molecule has 4 atom stereocenters. The van der Waals surface area contributed by atoms with E-state index in [0.29, 0.717) is 17.8 Å². The van der Waals surface area contributed by atoms with Crippen molar-refractivity contribution in [3.05, 3.63) is 23.5 Å². The van der Waals surface area contributed by atoms with Crippen molar-refractivity contribution in [3.8, 4) is 0 Å². The van der Waals surface area contributed by atoms with Crippen LogP contribution in [0.1, 0.15) is 23.6 Å². The zero-order valence-electron chi connectivity index (χ0n) is 9.18. The molecule has 0 radical (unpaired) electrons. The fraction of sp³-hybridized carbons (Fsp3) is 0.583. The zero-order chi connectivity index (χ0) is 11.3. The molecule has 2 aliphatic rings. The predicted octanol–water partition coefficient (Wildman–Crippen LogP) is 1.77. The highest BCUT2D eigenvalue weighted by Gasteiger charge is 2.47. The summed E-state index contributed by atoms with van der Waals surface area (Å²) in [5, 5.41) is 13.6. The molecule has 0 bridgehead atoms. The van der Waals surface area contributed by atoms with Crippen LogP contribution in [0.25, 0.3) is 6.08 Å². The van der Waals surface area contributed by atoms with Crippen molar-refractivity contribution in [1.82, 2.24) is 9.78 Å². The number of fused-ring (bicyclic) bond motifs is 1. The van der Waals surface area contributed by atoms with Crippen molar-refractivity contribution >= 4 is 17.7 Å². The average Bonchev–Trinajstić information content (AvgIpc) is 2.92. The molecule has 1 aromatic rings. The van der Waals surface area contributed by atoms with Crippen LogP contribution in [0.2, 0.25) is 0 Å². The first-order valence-electron chi connectivity index (χ1n) is 5.67. The van der Waals surface area contributed by atoms with Gasteiger partial charge in [0.25, 0.3) is 0 Å². The monoisotopic (exact) mass is 238 g/mol. The summed E-state index contributed by atoms with van der Waals surface area (Å²) in [4.78, 5) is 0. The maximum atomic E-state index is 9.16. The van der Waals surface area contributed by atoms with Gasteiger partial charge < -0.3 is 5.11 Å². The van der Waals surface area contributed by atoms with E-state index in [9.17, 15) is 0 Å². The minimum Gasteiger partial charge on any atom is -0.396 e. The molecule has 0 saturated heterocycles. The second kappa shape index (κ2) is 3.60. The summed E-state index contributed by atoms with van der Waals surface area (Å²) in [6, 6.07) is 0. The van der Waals surface area contributed by atoms with Crippen LogP contribution in [0.5, 0.6) is 0 Å². The summed E-state index contributed by atoms with van der Waals surface area (Å²) in [5.74, 6) is 1.29. The number of hydrogen-bond acceptors (Lipinski definition) is 2. The van der Waals surface area contributed by atoms with E-state index in [0.717, 1.165) is 12.1 Å². The number of aliphatic hydroxyl groups is 1. The van der Waals surface area contributed by atoms with Gasteiger partial charge in [0, 0.05) is 31.3 Å². The van der Waals surface area contributed by atoms with Gasteiger partial charge in [0.1, 0.15) is 0 Å². The third-order valence-electron chi connectivity index (χ3n) is 3.70. The number of nitrogens with zero attached hydrogens (tertiary/aromatic N) is 2. The fourth-order valence-corrected chi connectivity index (χ4v) is 3.17. The minimum absolute atomic E-state index is 0.0400. The lowest BCUT2D eigenvalue weighted by molar-refractivity contribution is 0.265. The van der Waals surface area contributed by atoms with Gasteiger partial charge in [-0.15, -0.1) is 11.6 Å². The molecule has 1 saturated carbocycles. The van der Waals surface area contributed by atoms with Crippen LogP contribution in [-0.2, 0) is 7.05 Å². The summed E-state index contributed by atoms with van der Waals surface area (Å²) in [6.45, 7) is 0.282. The molecule has 1 heterocycles.